The van der Waals surface area contributed by atoms with Crippen LogP contribution in [0.1, 0.15) is 22.8 Å². The van der Waals surface area contributed by atoms with E-state index in [4.69, 9.17) is 10.00 Å². The molecule has 0 amide bonds. The molecule has 164 valence electrons. The van der Waals surface area contributed by atoms with Crippen molar-refractivity contribution in [2.75, 3.05) is 7.05 Å². The summed E-state index contributed by atoms with van der Waals surface area (Å²) >= 11 is 0. The molecule has 0 saturated heterocycles. The summed E-state index contributed by atoms with van der Waals surface area (Å²) in [5, 5.41) is 18.5. The van der Waals surface area contributed by atoms with E-state index >= 15 is 0 Å². The van der Waals surface area contributed by atoms with Crippen molar-refractivity contribution in [2.24, 2.45) is 0 Å². The van der Waals surface area contributed by atoms with Gasteiger partial charge >= 0.3 is 5.97 Å². The van der Waals surface area contributed by atoms with Crippen molar-refractivity contribution in [3.05, 3.63) is 95.3 Å². The second-order valence-corrected chi connectivity index (χ2v) is 8.98. The molecule has 3 aromatic rings. The standard InChI is InChI=1S/C23H19FN2O5S/c1-26(32(29,30)21-5-3-2-4-6-21)15-16-7-9-20(10-8-16)31-22(23(27)28)18-11-17(14-25)12-19(24)13-18/h2-13,22H,15H2,1H3,(H,27,28). The van der Waals surface area contributed by atoms with Crippen LogP contribution in [0.2, 0.25) is 0 Å². The highest BCUT2D eigenvalue weighted by Gasteiger charge is 2.24. The number of rotatable bonds is 8. The smallest absolute Gasteiger partial charge is 0.349 e. The molecule has 0 aliphatic carbocycles. The topological polar surface area (TPSA) is 108 Å². The predicted octanol–water partition coefficient (Wildman–Crippen LogP) is 3.72. The van der Waals surface area contributed by atoms with E-state index in [9.17, 15) is 22.7 Å². The molecule has 1 N–H and O–H groups in total. The molecule has 1 atom stereocenters. The number of carboxylic acids is 1. The van der Waals surface area contributed by atoms with Crippen LogP contribution in [0.5, 0.6) is 5.75 Å². The third-order valence-corrected chi connectivity index (χ3v) is 6.43. The summed E-state index contributed by atoms with van der Waals surface area (Å²) < 4.78 is 45.7. The summed E-state index contributed by atoms with van der Waals surface area (Å²) in [5.74, 6) is -1.90. The average molecular weight is 454 g/mol. The summed E-state index contributed by atoms with van der Waals surface area (Å²) in [4.78, 5) is 11.8. The number of nitrogens with zero attached hydrogens (tertiary/aromatic N) is 2. The summed E-state index contributed by atoms with van der Waals surface area (Å²) in [6.45, 7) is 0.0926. The first-order chi connectivity index (χ1) is 15.2. The highest BCUT2D eigenvalue weighted by atomic mass is 32.2. The van der Waals surface area contributed by atoms with Crippen LogP contribution in [0.3, 0.4) is 0 Å². The number of hydrogen-bond donors (Lipinski definition) is 1. The molecule has 9 heteroatoms. The lowest BCUT2D eigenvalue weighted by Crippen LogP contribution is -2.26. The summed E-state index contributed by atoms with van der Waals surface area (Å²) in [6.07, 6.45) is -1.52. The molecule has 0 aromatic heterocycles. The van der Waals surface area contributed by atoms with Crippen LogP contribution in [-0.4, -0.2) is 30.8 Å². The third-order valence-electron chi connectivity index (χ3n) is 4.61. The van der Waals surface area contributed by atoms with Gasteiger partial charge in [0.15, 0.2) is 0 Å². The van der Waals surface area contributed by atoms with Crippen LogP contribution >= 0.6 is 0 Å². The molecule has 0 heterocycles. The molecule has 3 rings (SSSR count). The number of carboxylic acid groups (broad SMARTS) is 1. The van der Waals surface area contributed by atoms with Gasteiger partial charge in [-0.25, -0.2) is 17.6 Å². The number of benzene rings is 3. The highest BCUT2D eigenvalue weighted by molar-refractivity contribution is 7.89. The van der Waals surface area contributed by atoms with Crippen LogP contribution in [0.25, 0.3) is 0 Å². The number of hydrogen-bond acceptors (Lipinski definition) is 5. The van der Waals surface area contributed by atoms with Gasteiger partial charge in [-0.05, 0) is 48.0 Å². The summed E-state index contributed by atoms with van der Waals surface area (Å²) in [6, 6.07) is 19.3. The molecular weight excluding hydrogens is 435 g/mol. The zero-order valence-corrected chi connectivity index (χ0v) is 17.8. The lowest BCUT2D eigenvalue weighted by atomic mass is 10.1. The van der Waals surface area contributed by atoms with Crippen molar-refractivity contribution in [1.29, 1.82) is 5.26 Å². The molecule has 32 heavy (non-hydrogen) atoms. The van der Waals surface area contributed by atoms with Crippen LogP contribution in [0.4, 0.5) is 4.39 Å². The molecule has 0 radical (unpaired) electrons. The van der Waals surface area contributed by atoms with Crippen LogP contribution in [0, 0.1) is 17.1 Å². The maximum Gasteiger partial charge on any atom is 0.349 e. The lowest BCUT2D eigenvalue weighted by molar-refractivity contribution is -0.145. The lowest BCUT2D eigenvalue weighted by Gasteiger charge is -2.18. The second-order valence-electron chi connectivity index (χ2n) is 6.94. The molecule has 7 nitrogen and oxygen atoms in total. The van der Waals surface area contributed by atoms with Gasteiger partial charge < -0.3 is 9.84 Å². The van der Waals surface area contributed by atoms with Crippen LogP contribution < -0.4 is 4.74 Å². The fourth-order valence-electron chi connectivity index (χ4n) is 3.01. The largest absolute Gasteiger partial charge is 0.478 e. The number of halogens is 1. The molecule has 0 spiro atoms. The maximum atomic E-state index is 13.7. The maximum absolute atomic E-state index is 13.7. The molecule has 3 aromatic carbocycles. The first kappa shape index (κ1) is 22.9. The number of carbonyl (C=O) groups is 1. The number of aliphatic carboxylic acids is 1. The Balaban J connectivity index is 1.75. The van der Waals surface area contributed by atoms with E-state index in [1.165, 1.54) is 41.7 Å². The van der Waals surface area contributed by atoms with E-state index in [2.05, 4.69) is 0 Å². The Kier molecular flexibility index (Phi) is 6.88. The molecule has 0 saturated carbocycles. The SMILES string of the molecule is CN(Cc1ccc(OC(C(=O)O)c2cc(F)cc(C#N)c2)cc1)S(=O)(=O)c1ccccc1. The molecule has 0 fully saturated rings. The zero-order chi connectivity index (χ0) is 23.3. The van der Waals surface area contributed by atoms with Gasteiger partial charge in [-0.3, -0.25) is 0 Å². The van der Waals surface area contributed by atoms with Crippen molar-refractivity contribution in [1.82, 2.24) is 4.31 Å². The fraction of sp³-hybridized carbons (Fsp3) is 0.130. The quantitative estimate of drug-likeness (QED) is 0.556. The molecule has 0 aliphatic heterocycles. The predicted molar refractivity (Wildman–Crippen MR) is 114 cm³/mol. The molecule has 0 bridgehead atoms. The third kappa shape index (κ3) is 5.29. The Morgan fingerprint density at radius 3 is 2.38 bits per heavy atom. The number of nitriles is 1. The van der Waals surface area contributed by atoms with Crippen molar-refractivity contribution < 1.29 is 27.4 Å². The van der Waals surface area contributed by atoms with Gasteiger partial charge in [0, 0.05) is 19.2 Å². The molecule has 1 unspecified atom stereocenters. The Hall–Kier alpha value is -3.74. The Bertz CT molecular complexity index is 1260. The van der Waals surface area contributed by atoms with E-state index in [1.54, 1.807) is 36.4 Å². The first-order valence-corrected chi connectivity index (χ1v) is 10.8. The highest BCUT2D eigenvalue weighted by Crippen LogP contribution is 2.25. The average Bonchev–Trinajstić information content (AvgIpc) is 2.78. The molecular formula is C23H19FN2O5S. The fourth-order valence-corrected chi connectivity index (χ4v) is 4.19. The summed E-state index contributed by atoms with van der Waals surface area (Å²) in [5.41, 5.74) is 0.628. The van der Waals surface area contributed by atoms with E-state index in [1.807, 2.05) is 0 Å². The first-order valence-electron chi connectivity index (χ1n) is 9.41. The van der Waals surface area contributed by atoms with Crippen molar-refractivity contribution in [3.8, 4) is 11.8 Å². The van der Waals surface area contributed by atoms with Crippen LogP contribution in [0.15, 0.2) is 77.7 Å². The van der Waals surface area contributed by atoms with Gasteiger partial charge in [-0.2, -0.15) is 9.57 Å². The monoisotopic (exact) mass is 454 g/mol. The van der Waals surface area contributed by atoms with Gasteiger partial charge in [0.05, 0.1) is 16.5 Å². The minimum atomic E-state index is -3.66. The Morgan fingerprint density at radius 2 is 1.78 bits per heavy atom. The Labute approximate surface area is 185 Å². The van der Waals surface area contributed by atoms with E-state index in [0.717, 1.165) is 12.1 Å². The van der Waals surface area contributed by atoms with Crippen molar-refractivity contribution >= 4 is 16.0 Å². The zero-order valence-electron chi connectivity index (χ0n) is 17.0. The number of sulfonamides is 1. The minimum absolute atomic E-state index is 0.00758. The van der Waals surface area contributed by atoms with Crippen molar-refractivity contribution in [3.63, 3.8) is 0 Å². The van der Waals surface area contributed by atoms with E-state index < -0.39 is 27.9 Å². The summed E-state index contributed by atoms with van der Waals surface area (Å²) in [7, 11) is -2.20. The Morgan fingerprint density at radius 1 is 1.12 bits per heavy atom. The normalized spacial score (nSPS) is 12.2. The van der Waals surface area contributed by atoms with E-state index in [-0.39, 0.29) is 28.3 Å². The molecule has 0 aliphatic rings. The van der Waals surface area contributed by atoms with Gasteiger partial charge in [-0.1, -0.05) is 30.3 Å². The second kappa shape index (κ2) is 9.60. The number of ether oxygens (including phenoxy) is 1. The van der Waals surface area contributed by atoms with Crippen LogP contribution in [-0.2, 0) is 21.4 Å². The van der Waals surface area contributed by atoms with E-state index in [0.29, 0.717) is 5.56 Å². The van der Waals surface area contributed by atoms with Gasteiger partial charge in [0.1, 0.15) is 11.6 Å². The van der Waals surface area contributed by atoms with Gasteiger partial charge in [0.2, 0.25) is 16.1 Å². The minimum Gasteiger partial charge on any atom is -0.478 e. The van der Waals surface area contributed by atoms with Crippen molar-refractivity contribution in [2.45, 2.75) is 17.5 Å². The van der Waals surface area contributed by atoms with Gasteiger partial charge in [-0.15, -0.1) is 0 Å². The van der Waals surface area contributed by atoms with Gasteiger partial charge in [0.25, 0.3) is 0 Å².